The van der Waals surface area contributed by atoms with Crippen LogP contribution in [-0.4, -0.2) is 30.6 Å². The molecule has 0 radical (unpaired) electrons. The van der Waals surface area contributed by atoms with Gasteiger partial charge in [0.15, 0.2) is 0 Å². The van der Waals surface area contributed by atoms with Gasteiger partial charge in [-0.1, -0.05) is 32.6 Å². The van der Waals surface area contributed by atoms with Crippen molar-refractivity contribution in [1.82, 2.24) is 4.90 Å². The fourth-order valence-electron chi connectivity index (χ4n) is 2.13. The highest BCUT2D eigenvalue weighted by Crippen LogP contribution is 2.27. The highest BCUT2D eigenvalue weighted by Gasteiger charge is 2.27. The van der Waals surface area contributed by atoms with E-state index in [1.807, 2.05) is 0 Å². The molecule has 0 saturated heterocycles. The highest BCUT2D eigenvalue weighted by atomic mass is 15.2. The molecule has 0 aromatic heterocycles. The van der Waals surface area contributed by atoms with Gasteiger partial charge in [-0.3, -0.25) is 0 Å². The van der Waals surface area contributed by atoms with Crippen molar-refractivity contribution in [2.75, 3.05) is 19.6 Å². The molecule has 0 spiro atoms. The lowest BCUT2D eigenvalue weighted by atomic mass is 10.1. The summed E-state index contributed by atoms with van der Waals surface area (Å²) in [6.45, 7) is 5.67. The van der Waals surface area contributed by atoms with Crippen LogP contribution in [0.15, 0.2) is 0 Å². The summed E-state index contributed by atoms with van der Waals surface area (Å²) in [5, 5.41) is 0. The van der Waals surface area contributed by atoms with E-state index in [1.54, 1.807) is 0 Å². The van der Waals surface area contributed by atoms with Gasteiger partial charge in [0.05, 0.1) is 0 Å². The lowest BCUT2D eigenvalue weighted by Gasteiger charge is -2.21. The van der Waals surface area contributed by atoms with E-state index in [9.17, 15) is 0 Å². The maximum atomic E-state index is 5.57. The quantitative estimate of drug-likeness (QED) is 0.564. The second-order valence-electron chi connectivity index (χ2n) is 4.82. The second-order valence-corrected chi connectivity index (χ2v) is 4.82. The maximum Gasteiger partial charge on any atom is 0.00964 e. The smallest absolute Gasteiger partial charge is 0.00964 e. The van der Waals surface area contributed by atoms with Gasteiger partial charge in [-0.15, -0.1) is 0 Å². The van der Waals surface area contributed by atoms with E-state index in [4.69, 9.17) is 5.73 Å². The van der Waals surface area contributed by atoms with Crippen LogP contribution in [0.1, 0.15) is 58.3 Å². The molecule has 0 heterocycles. The van der Waals surface area contributed by atoms with Crippen molar-refractivity contribution in [1.29, 1.82) is 0 Å². The molecule has 0 amide bonds. The number of hydrogen-bond donors (Lipinski definition) is 1. The van der Waals surface area contributed by atoms with Crippen LogP contribution in [0.4, 0.5) is 0 Å². The zero-order valence-electron chi connectivity index (χ0n) is 10.4. The Morgan fingerprint density at radius 3 is 2.27 bits per heavy atom. The van der Waals surface area contributed by atoms with E-state index in [-0.39, 0.29) is 0 Å². The maximum absolute atomic E-state index is 5.57. The van der Waals surface area contributed by atoms with Gasteiger partial charge >= 0.3 is 0 Å². The monoisotopic (exact) mass is 212 g/mol. The molecule has 2 heteroatoms. The first-order valence-electron chi connectivity index (χ1n) is 6.82. The van der Waals surface area contributed by atoms with Crippen molar-refractivity contribution in [3.8, 4) is 0 Å². The van der Waals surface area contributed by atoms with Crippen molar-refractivity contribution in [3.63, 3.8) is 0 Å². The third-order valence-electron chi connectivity index (χ3n) is 3.26. The Morgan fingerprint density at radius 1 is 1.00 bits per heavy atom. The zero-order valence-corrected chi connectivity index (χ0v) is 10.4. The van der Waals surface area contributed by atoms with Crippen molar-refractivity contribution >= 4 is 0 Å². The minimum absolute atomic E-state index is 0.846. The van der Waals surface area contributed by atoms with E-state index in [2.05, 4.69) is 11.8 Å². The van der Waals surface area contributed by atoms with Crippen LogP contribution < -0.4 is 5.73 Å². The Morgan fingerprint density at radius 2 is 1.67 bits per heavy atom. The molecule has 0 aromatic rings. The van der Waals surface area contributed by atoms with Gasteiger partial charge in [0, 0.05) is 6.04 Å². The fraction of sp³-hybridized carbons (Fsp3) is 1.00. The van der Waals surface area contributed by atoms with Crippen LogP contribution in [0.3, 0.4) is 0 Å². The minimum atomic E-state index is 0.846. The van der Waals surface area contributed by atoms with Gasteiger partial charge in [0.25, 0.3) is 0 Å². The lowest BCUT2D eigenvalue weighted by molar-refractivity contribution is 0.255. The van der Waals surface area contributed by atoms with Crippen LogP contribution in [-0.2, 0) is 0 Å². The third-order valence-corrected chi connectivity index (χ3v) is 3.26. The van der Waals surface area contributed by atoms with Crippen LogP contribution in [0.25, 0.3) is 0 Å². The number of nitrogens with zero attached hydrogens (tertiary/aromatic N) is 1. The van der Waals surface area contributed by atoms with Gasteiger partial charge in [0.2, 0.25) is 0 Å². The van der Waals surface area contributed by atoms with Gasteiger partial charge in [-0.25, -0.2) is 0 Å². The molecule has 15 heavy (non-hydrogen) atoms. The third kappa shape index (κ3) is 6.16. The number of unbranched alkanes of at least 4 members (excludes halogenated alkanes) is 4. The summed E-state index contributed by atoms with van der Waals surface area (Å²) in [6, 6.07) is 0.919. The summed E-state index contributed by atoms with van der Waals surface area (Å²) < 4.78 is 0. The number of rotatable bonds is 10. The molecular formula is C13H28N2. The normalized spacial score (nSPS) is 16.2. The summed E-state index contributed by atoms with van der Waals surface area (Å²) in [5.41, 5.74) is 5.57. The molecule has 0 unspecified atom stereocenters. The first-order valence-corrected chi connectivity index (χ1v) is 6.82. The second kappa shape index (κ2) is 8.12. The summed E-state index contributed by atoms with van der Waals surface area (Å²) in [7, 11) is 0. The minimum Gasteiger partial charge on any atom is -0.330 e. The van der Waals surface area contributed by atoms with Crippen LogP contribution in [0, 0.1) is 0 Å². The Kier molecular flexibility index (Phi) is 7.03. The molecule has 2 N–H and O–H groups in total. The molecule has 0 aliphatic heterocycles. The first-order chi connectivity index (χ1) is 7.38. The van der Waals surface area contributed by atoms with Gasteiger partial charge < -0.3 is 10.6 Å². The Labute approximate surface area is 95.2 Å². The van der Waals surface area contributed by atoms with Crippen molar-refractivity contribution < 1.29 is 0 Å². The fourth-order valence-corrected chi connectivity index (χ4v) is 2.13. The van der Waals surface area contributed by atoms with Gasteiger partial charge in [-0.05, 0) is 45.3 Å². The molecule has 1 aliphatic carbocycles. The summed E-state index contributed by atoms with van der Waals surface area (Å²) >= 11 is 0. The van der Waals surface area contributed by atoms with Crippen LogP contribution in [0.2, 0.25) is 0 Å². The Bertz CT molecular complexity index is 143. The van der Waals surface area contributed by atoms with Gasteiger partial charge in [-0.2, -0.15) is 0 Å². The molecule has 1 saturated carbocycles. The van der Waals surface area contributed by atoms with E-state index in [0.717, 1.165) is 12.6 Å². The van der Waals surface area contributed by atoms with E-state index in [0.29, 0.717) is 0 Å². The number of hydrogen-bond acceptors (Lipinski definition) is 2. The zero-order chi connectivity index (χ0) is 10.9. The Balaban J connectivity index is 1.98. The number of nitrogens with two attached hydrogens (primary N) is 1. The average Bonchev–Trinajstić information content (AvgIpc) is 3.06. The predicted octanol–water partition coefficient (Wildman–Crippen LogP) is 2.77. The molecular weight excluding hydrogens is 184 g/mol. The average molecular weight is 212 g/mol. The molecule has 2 nitrogen and oxygen atoms in total. The Hall–Kier alpha value is -0.0800. The predicted molar refractivity (Wildman–Crippen MR) is 67.0 cm³/mol. The standard InChI is InChI=1S/C13H28N2/c1-2-3-4-5-6-11-15(12-7-10-14)13-8-9-13/h13H,2-12,14H2,1H3. The van der Waals surface area contributed by atoms with Crippen molar-refractivity contribution in [2.45, 2.75) is 64.3 Å². The molecule has 1 fully saturated rings. The topological polar surface area (TPSA) is 29.3 Å². The van der Waals surface area contributed by atoms with E-state index < -0.39 is 0 Å². The van der Waals surface area contributed by atoms with Gasteiger partial charge in [0.1, 0.15) is 0 Å². The largest absolute Gasteiger partial charge is 0.330 e. The molecule has 1 rings (SSSR count). The molecule has 90 valence electrons. The molecule has 0 bridgehead atoms. The lowest BCUT2D eigenvalue weighted by Crippen LogP contribution is -2.29. The first kappa shape index (κ1) is 13.0. The molecule has 1 aliphatic rings. The molecule has 0 aromatic carbocycles. The summed E-state index contributed by atoms with van der Waals surface area (Å²) in [4.78, 5) is 2.67. The highest BCUT2D eigenvalue weighted by molar-refractivity contribution is 4.84. The van der Waals surface area contributed by atoms with E-state index >= 15 is 0 Å². The molecule has 0 atom stereocenters. The van der Waals surface area contributed by atoms with Crippen LogP contribution in [0.5, 0.6) is 0 Å². The van der Waals surface area contributed by atoms with Crippen molar-refractivity contribution in [3.05, 3.63) is 0 Å². The SMILES string of the molecule is CCCCCCCN(CCCN)C1CC1. The summed E-state index contributed by atoms with van der Waals surface area (Å²) in [5.74, 6) is 0. The summed E-state index contributed by atoms with van der Waals surface area (Å²) in [6.07, 6.45) is 11.0. The van der Waals surface area contributed by atoms with Crippen molar-refractivity contribution in [2.24, 2.45) is 5.73 Å². The van der Waals surface area contributed by atoms with E-state index in [1.165, 1.54) is 64.5 Å². The van der Waals surface area contributed by atoms with Crippen LogP contribution >= 0.6 is 0 Å².